The fourth-order valence-electron chi connectivity index (χ4n) is 1.19. The molecule has 1 aromatic heterocycles. The molecule has 6 heteroatoms. The fraction of sp³-hybridized carbons (Fsp3) is 0.556. The number of aromatic nitrogens is 2. The van der Waals surface area contributed by atoms with Gasteiger partial charge in [0.25, 0.3) is 0 Å². The van der Waals surface area contributed by atoms with Gasteiger partial charge in [0.1, 0.15) is 5.82 Å². The maximum atomic E-state index is 11.3. The van der Waals surface area contributed by atoms with Crippen molar-refractivity contribution in [3.63, 3.8) is 0 Å². The van der Waals surface area contributed by atoms with Gasteiger partial charge in [-0.3, -0.25) is 9.48 Å². The van der Waals surface area contributed by atoms with E-state index in [0.717, 1.165) is 5.75 Å². The van der Waals surface area contributed by atoms with Crippen LogP contribution in [0.15, 0.2) is 10.9 Å². The Morgan fingerprint density at radius 3 is 3.00 bits per heavy atom. The summed E-state index contributed by atoms with van der Waals surface area (Å²) in [6.45, 7) is 2.05. The minimum absolute atomic E-state index is 0.000527. The molecule has 1 rings (SSSR count). The predicted molar refractivity (Wildman–Crippen MR) is 66.0 cm³/mol. The summed E-state index contributed by atoms with van der Waals surface area (Å²) in [6, 6.07) is 1.75. The molecule has 1 atom stereocenters. The molecule has 4 nitrogen and oxygen atoms in total. The first-order chi connectivity index (χ1) is 7.04. The smallest absolute Gasteiger partial charge is 0.221 e. The van der Waals surface area contributed by atoms with Crippen LogP contribution in [0, 0.1) is 0 Å². The second kappa shape index (κ2) is 5.42. The zero-order valence-corrected chi connectivity index (χ0v) is 10.5. The van der Waals surface area contributed by atoms with Crippen molar-refractivity contribution in [1.82, 2.24) is 9.78 Å². The van der Waals surface area contributed by atoms with Crippen LogP contribution in [0.3, 0.4) is 0 Å². The van der Waals surface area contributed by atoms with Crippen molar-refractivity contribution in [3.8, 4) is 0 Å². The highest BCUT2D eigenvalue weighted by atomic mass is 35.5. The number of aryl methyl sites for hydroxylation is 1. The molecule has 0 bridgehead atoms. The van der Waals surface area contributed by atoms with Crippen molar-refractivity contribution >= 4 is 29.2 Å². The highest BCUT2D eigenvalue weighted by Gasteiger charge is 2.06. The summed E-state index contributed by atoms with van der Waals surface area (Å²) in [5, 5.41) is 7.09. The molecule has 0 aliphatic rings. The summed E-state index contributed by atoms with van der Waals surface area (Å²) in [6.07, 6.45) is 2.04. The lowest BCUT2D eigenvalue weighted by Crippen LogP contribution is -2.23. The van der Waals surface area contributed by atoms with E-state index in [9.17, 15) is 4.79 Å². The molecule has 0 saturated heterocycles. The van der Waals surface area contributed by atoms with Crippen LogP contribution in [-0.2, 0) is 7.05 Å². The average molecular weight is 248 g/mol. The number of halogens is 1. The van der Waals surface area contributed by atoms with E-state index in [0.29, 0.717) is 5.82 Å². The second-order valence-electron chi connectivity index (χ2n) is 3.31. The van der Waals surface area contributed by atoms with Crippen LogP contribution in [0.2, 0.25) is 5.15 Å². The van der Waals surface area contributed by atoms with Crippen LogP contribution < -0.4 is 10.7 Å². The molecule has 1 aromatic rings. The van der Waals surface area contributed by atoms with E-state index in [1.165, 1.54) is 6.07 Å². The lowest BCUT2D eigenvalue weighted by atomic mass is 10.4. The largest absolute Gasteiger partial charge is 0.367 e. The zero-order valence-electron chi connectivity index (χ0n) is 8.95. The molecule has 0 saturated carbocycles. The molecule has 0 aliphatic carbocycles. The average Bonchev–Trinajstić information content (AvgIpc) is 2.14. The van der Waals surface area contributed by atoms with E-state index < -0.39 is 0 Å². The molecule has 0 amide bonds. The van der Waals surface area contributed by atoms with Gasteiger partial charge < -0.3 is 5.32 Å². The van der Waals surface area contributed by atoms with Crippen molar-refractivity contribution in [2.45, 2.75) is 13.0 Å². The third-order valence-electron chi connectivity index (χ3n) is 1.87. The van der Waals surface area contributed by atoms with Gasteiger partial charge in [-0.15, -0.1) is 0 Å². The van der Waals surface area contributed by atoms with E-state index in [1.54, 1.807) is 23.5 Å². The minimum Gasteiger partial charge on any atom is -0.367 e. The number of anilines is 1. The topological polar surface area (TPSA) is 46.9 Å². The summed E-state index contributed by atoms with van der Waals surface area (Å²) in [5.74, 6) is 1.66. The van der Waals surface area contributed by atoms with Gasteiger partial charge >= 0.3 is 0 Å². The van der Waals surface area contributed by atoms with E-state index in [1.807, 2.05) is 6.26 Å². The summed E-state index contributed by atoms with van der Waals surface area (Å²) in [4.78, 5) is 11.3. The number of nitrogens with one attached hydrogen (secondary N) is 1. The van der Waals surface area contributed by atoms with Crippen LogP contribution in [0.25, 0.3) is 0 Å². The van der Waals surface area contributed by atoms with Crippen molar-refractivity contribution in [2.24, 2.45) is 7.05 Å². The normalized spacial score (nSPS) is 12.5. The van der Waals surface area contributed by atoms with Gasteiger partial charge in [-0.25, -0.2) is 0 Å². The van der Waals surface area contributed by atoms with Gasteiger partial charge in [0.2, 0.25) is 5.43 Å². The summed E-state index contributed by atoms with van der Waals surface area (Å²) < 4.78 is 1.57. The van der Waals surface area contributed by atoms with Gasteiger partial charge in [0, 0.05) is 24.9 Å². The number of rotatable bonds is 4. The first-order valence-electron chi connectivity index (χ1n) is 4.54. The summed E-state index contributed by atoms with van der Waals surface area (Å²) >= 11 is 7.35. The molecule has 15 heavy (non-hydrogen) atoms. The third-order valence-corrected chi connectivity index (χ3v) is 2.96. The van der Waals surface area contributed by atoms with Crippen LogP contribution in [0.4, 0.5) is 5.82 Å². The molecule has 0 radical (unpaired) electrons. The van der Waals surface area contributed by atoms with E-state index in [-0.39, 0.29) is 16.6 Å². The van der Waals surface area contributed by atoms with Crippen molar-refractivity contribution in [3.05, 3.63) is 21.4 Å². The predicted octanol–water partition coefficient (Wildman–Crippen LogP) is 1.60. The Balaban J connectivity index is 2.86. The molecule has 1 heterocycles. The Labute approximate surface area is 98.0 Å². The molecule has 0 fully saturated rings. The fourth-order valence-corrected chi connectivity index (χ4v) is 1.94. The lowest BCUT2D eigenvalue weighted by molar-refractivity contribution is 0.726. The molecule has 1 unspecified atom stereocenters. The first kappa shape index (κ1) is 12.4. The highest BCUT2D eigenvalue weighted by molar-refractivity contribution is 7.98. The van der Waals surface area contributed by atoms with Crippen molar-refractivity contribution in [1.29, 1.82) is 0 Å². The Morgan fingerprint density at radius 1 is 1.73 bits per heavy atom. The van der Waals surface area contributed by atoms with Crippen LogP contribution in [-0.4, -0.2) is 27.8 Å². The number of hydrogen-bond donors (Lipinski definition) is 1. The van der Waals surface area contributed by atoms with Gasteiger partial charge in [-0.05, 0) is 13.2 Å². The van der Waals surface area contributed by atoms with Gasteiger partial charge in [0.15, 0.2) is 5.15 Å². The summed E-state index contributed by atoms with van der Waals surface area (Å²) in [5.41, 5.74) is -0.256. The molecule has 1 N–H and O–H groups in total. The van der Waals surface area contributed by atoms with Crippen molar-refractivity contribution < 1.29 is 0 Å². The lowest BCUT2D eigenvalue weighted by Gasteiger charge is -2.15. The van der Waals surface area contributed by atoms with Crippen LogP contribution in [0.5, 0.6) is 0 Å². The number of thioether (sulfide) groups is 1. The van der Waals surface area contributed by atoms with E-state index in [4.69, 9.17) is 11.6 Å². The van der Waals surface area contributed by atoms with Crippen molar-refractivity contribution in [2.75, 3.05) is 17.3 Å². The summed E-state index contributed by atoms with van der Waals surface area (Å²) in [7, 11) is 1.75. The van der Waals surface area contributed by atoms with Gasteiger partial charge in [0.05, 0.1) is 0 Å². The second-order valence-corrected chi connectivity index (χ2v) is 4.58. The molecule has 0 aromatic carbocycles. The Bertz CT molecular complexity index is 393. The molecule has 0 aliphatic heterocycles. The van der Waals surface area contributed by atoms with Gasteiger partial charge in [-0.2, -0.15) is 16.9 Å². The van der Waals surface area contributed by atoms with Gasteiger partial charge in [-0.1, -0.05) is 11.6 Å². The minimum atomic E-state index is -0.256. The maximum absolute atomic E-state index is 11.3. The Hall–Kier alpha value is -0.680. The Morgan fingerprint density at radius 2 is 2.40 bits per heavy atom. The standard InChI is InChI=1S/C9H14ClN3OS/c1-6(5-15-3)11-8-4-7(14)9(10)12-13(8)2/h4,6,11H,5H2,1-3H3. The van der Waals surface area contributed by atoms with Crippen LogP contribution >= 0.6 is 23.4 Å². The first-order valence-corrected chi connectivity index (χ1v) is 6.31. The number of nitrogens with zero attached hydrogens (tertiary/aromatic N) is 2. The SMILES string of the molecule is CSCC(C)Nc1cc(=O)c(Cl)nn1C. The quantitative estimate of drug-likeness (QED) is 0.878. The Kier molecular flexibility index (Phi) is 4.47. The highest BCUT2D eigenvalue weighted by Crippen LogP contribution is 2.08. The van der Waals surface area contributed by atoms with E-state index >= 15 is 0 Å². The molecular weight excluding hydrogens is 234 g/mol. The maximum Gasteiger partial charge on any atom is 0.221 e. The van der Waals surface area contributed by atoms with Crippen LogP contribution in [0.1, 0.15) is 6.92 Å². The van der Waals surface area contributed by atoms with E-state index in [2.05, 4.69) is 17.3 Å². The molecule has 84 valence electrons. The monoisotopic (exact) mass is 247 g/mol. The molecular formula is C9H14ClN3OS. The third kappa shape index (κ3) is 3.43. The number of hydrogen-bond acceptors (Lipinski definition) is 4. The molecule has 0 spiro atoms. The zero-order chi connectivity index (χ0) is 11.4.